The third kappa shape index (κ3) is 3.46. The van der Waals surface area contributed by atoms with Crippen LogP contribution in [0.5, 0.6) is 11.5 Å². The number of ether oxygens (including phenoxy) is 1. The molecule has 1 atom stereocenters. The molecule has 0 spiro atoms. The molecule has 0 fully saturated rings. The summed E-state index contributed by atoms with van der Waals surface area (Å²) in [5.41, 5.74) is 7.01. The van der Waals surface area contributed by atoms with Gasteiger partial charge in [-0.2, -0.15) is 0 Å². The topological polar surface area (TPSA) is 35.2 Å². The first-order chi connectivity index (χ1) is 8.66. The highest BCUT2D eigenvalue weighted by Crippen LogP contribution is 2.29. The van der Waals surface area contributed by atoms with E-state index in [-0.39, 0.29) is 6.04 Å². The van der Waals surface area contributed by atoms with E-state index in [1.165, 1.54) is 0 Å². The fourth-order valence-electron chi connectivity index (χ4n) is 1.76. The molecular weight excluding hydrogens is 337 g/mol. The molecule has 0 aromatic heterocycles. The molecule has 18 heavy (non-hydrogen) atoms. The van der Waals surface area contributed by atoms with Gasteiger partial charge in [0.1, 0.15) is 11.5 Å². The van der Waals surface area contributed by atoms with Crippen molar-refractivity contribution in [1.82, 2.24) is 0 Å². The van der Waals surface area contributed by atoms with Crippen molar-refractivity contribution in [3.8, 4) is 11.5 Å². The van der Waals surface area contributed by atoms with Gasteiger partial charge in [0, 0.05) is 6.04 Å². The SMILES string of the molecule is CC(N)Cc1ccccc1Oc1ccccc1I. The molecule has 2 rings (SSSR count). The van der Waals surface area contributed by atoms with Gasteiger partial charge in [0.2, 0.25) is 0 Å². The van der Waals surface area contributed by atoms with E-state index in [1.54, 1.807) is 0 Å². The lowest BCUT2D eigenvalue weighted by atomic mass is 10.1. The molecule has 0 saturated heterocycles. The van der Waals surface area contributed by atoms with Crippen LogP contribution in [0.15, 0.2) is 48.5 Å². The van der Waals surface area contributed by atoms with Crippen LogP contribution in [-0.2, 0) is 6.42 Å². The molecule has 2 aromatic rings. The second-order valence-electron chi connectivity index (χ2n) is 4.32. The van der Waals surface area contributed by atoms with Gasteiger partial charge in [-0.25, -0.2) is 0 Å². The van der Waals surface area contributed by atoms with Crippen LogP contribution in [0.4, 0.5) is 0 Å². The highest BCUT2D eigenvalue weighted by Gasteiger charge is 2.08. The van der Waals surface area contributed by atoms with Crippen LogP contribution in [0, 0.1) is 3.57 Å². The Morgan fingerprint density at radius 1 is 1.06 bits per heavy atom. The smallest absolute Gasteiger partial charge is 0.140 e. The molecule has 1 unspecified atom stereocenters. The van der Waals surface area contributed by atoms with Gasteiger partial charge < -0.3 is 10.5 Å². The first-order valence-electron chi connectivity index (χ1n) is 5.92. The predicted octanol–water partition coefficient (Wildman–Crippen LogP) is 3.97. The second kappa shape index (κ2) is 6.20. The average molecular weight is 353 g/mol. The zero-order valence-corrected chi connectivity index (χ0v) is 12.4. The molecule has 0 saturated carbocycles. The molecule has 0 heterocycles. The molecule has 0 aliphatic heterocycles. The van der Waals surface area contributed by atoms with Crippen molar-refractivity contribution in [2.45, 2.75) is 19.4 Å². The molecule has 2 N–H and O–H groups in total. The van der Waals surface area contributed by atoms with E-state index in [0.717, 1.165) is 27.1 Å². The first kappa shape index (κ1) is 13.4. The molecule has 2 aromatic carbocycles. The zero-order chi connectivity index (χ0) is 13.0. The van der Waals surface area contributed by atoms with E-state index in [4.69, 9.17) is 10.5 Å². The Labute approximate surface area is 121 Å². The van der Waals surface area contributed by atoms with Crippen molar-refractivity contribution >= 4 is 22.6 Å². The van der Waals surface area contributed by atoms with Crippen LogP contribution in [0.1, 0.15) is 12.5 Å². The first-order valence-corrected chi connectivity index (χ1v) is 7.00. The third-order valence-corrected chi connectivity index (χ3v) is 3.46. The summed E-state index contributed by atoms with van der Waals surface area (Å²) in [5.74, 6) is 1.77. The maximum Gasteiger partial charge on any atom is 0.140 e. The molecule has 2 nitrogen and oxygen atoms in total. The van der Waals surface area contributed by atoms with Crippen LogP contribution in [0.3, 0.4) is 0 Å². The van der Waals surface area contributed by atoms with Crippen LogP contribution in [0.2, 0.25) is 0 Å². The van der Waals surface area contributed by atoms with Gasteiger partial charge >= 0.3 is 0 Å². The highest BCUT2D eigenvalue weighted by molar-refractivity contribution is 14.1. The summed E-state index contributed by atoms with van der Waals surface area (Å²) in [4.78, 5) is 0. The number of hydrogen-bond donors (Lipinski definition) is 1. The lowest BCUT2D eigenvalue weighted by molar-refractivity contribution is 0.470. The molecule has 3 heteroatoms. The third-order valence-electron chi connectivity index (χ3n) is 2.57. The average Bonchev–Trinajstić information content (AvgIpc) is 2.34. The summed E-state index contributed by atoms with van der Waals surface area (Å²) in [6.07, 6.45) is 0.819. The maximum absolute atomic E-state index is 5.98. The minimum atomic E-state index is 0.129. The summed E-state index contributed by atoms with van der Waals surface area (Å²) < 4.78 is 7.08. The van der Waals surface area contributed by atoms with Crippen molar-refractivity contribution in [3.05, 3.63) is 57.7 Å². The van der Waals surface area contributed by atoms with Crippen LogP contribution < -0.4 is 10.5 Å². The van der Waals surface area contributed by atoms with Crippen LogP contribution in [-0.4, -0.2) is 6.04 Å². The quantitative estimate of drug-likeness (QED) is 0.845. The standard InChI is InChI=1S/C15H16INO/c1-11(17)10-12-6-2-4-8-14(12)18-15-9-5-3-7-13(15)16/h2-9,11H,10,17H2,1H3. The lowest BCUT2D eigenvalue weighted by Crippen LogP contribution is -2.18. The Balaban J connectivity index is 2.26. The van der Waals surface area contributed by atoms with Gasteiger partial charge in [-0.3, -0.25) is 0 Å². The molecule has 0 bridgehead atoms. The fourth-order valence-corrected chi connectivity index (χ4v) is 2.26. The van der Waals surface area contributed by atoms with E-state index >= 15 is 0 Å². The predicted molar refractivity (Wildman–Crippen MR) is 83.0 cm³/mol. The summed E-state index contributed by atoms with van der Waals surface area (Å²) in [6, 6.07) is 16.2. The van der Waals surface area contributed by atoms with Gasteiger partial charge in [0.25, 0.3) is 0 Å². The van der Waals surface area contributed by atoms with Crippen molar-refractivity contribution in [2.24, 2.45) is 5.73 Å². The molecule has 0 aliphatic carbocycles. The zero-order valence-electron chi connectivity index (χ0n) is 10.3. The summed E-state index contributed by atoms with van der Waals surface area (Å²) in [7, 11) is 0. The van der Waals surface area contributed by atoms with Gasteiger partial charge in [-0.1, -0.05) is 30.3 Å². The van der Waals surface area contributed by atoms with Crippen LogP contribution >= 0.6 is 22.6 Å². The Morgan fingerprint density at radius 2 is 1.67 bits per heavy atom. The second-order valence-corrected chi connectivity index (χ2v) is 5.48. The number of hydrogen-bond acceptors (Lipinski definition) is 2. The maximum atomic E-state index is 5.98. The molecule has 94 valence electrons. The Kier molecular flexibility index (Phi) is 4.60. The minimum absolute atomic E-state index is 0.129. The summed E-state index contributed by atoms with van der Waals surface area (Å²) in [6.45, 7) is 2.00. The van der Waals surface area contributed by atoms with Crippen molar-refractivity contribution in [1.29, 1.82) is 0 Å². The Bertz CT molecular complexity index is 525. The Morgan fingerprint density at radius 3 is 2.33 bits per heavy atom. The van der Waals surface area contributed by atoms with Crippen molar-refractivity contribution < 1.29 is 4.74 Å². The van der Waals surface area contributed by atoms with Gasteiger partial charge in [-0.15, -0.1) is 0 Å². The molecule has 0 radical (unpaired) electrons. The van der Waals surface area contributed by atoms with E-state index in [0.29, 0.717) is 0 Å². The lowest BCUT2D eigenvalue weighted by Gasteiger charge is -2.13. The van der Waals surface area contributed by atoms with Gasteiger partial charge in [-0.05, 0) is 59.7 Å². The van der Waals surface area contributed by atoms with E-state index in [1.807, 2.05) is 49.4 Å². The summed E-state index contributed by atoms with van der Waals surface area (Å²) >= 11 is 2.27. The largest absolute Gasteiger partial charge is 0.456 e. The highest BCUT2D eigenvalue weighted by atomic mass is 127. The van der Waals surface area contributed by atoms with Gasteiger partial charge in [0.15, 0.2) is 0 Å². The van der Waals surface area contributed by atoms with Crippen molar-refractivity contribution in [2.75, 3.05) is 0 Å². The number of rotatable bonds is 4. The van der Waals surface area contributed by atoms with E-state index in [9.17, 15) is 0 Å². The Hall–Kier alpha value is -1.07. The number of halogens is 1. The molecule has 0 amide bonds. The normalized spacial score (nSPS) is 12.2. The number of para-hydroxylation sites is 2. The fraction of sp³-hybridized carbons (Fsp3) is 0.200. The summed E-state index contributed by atoms with van der Waals surface area (Å²) in [5, 5.41) is 0. The number of nitrogens with two attached hydrogens (primary N) is 1. The number of benzene rings is 2. The minimum Gasteiger partial charge on any atom is -0.456 e. The monoisotopic (exact) mass is 353 g/mol. The van der Waals surface area contributed by atoms with E-state index < -0.39 is 0 Å². The molecular formula is C15H16INO. The van der Waals surface area contributed by atoms with Gasteiger partial charge in [0.05, 0.1) is 3.57 Å². The molecule has 0 aliphatic rings. The van der Waals surface area contributed by atoms with Crippen molar-refractivity contribution in [3.63, 3.8) is 0 Å². The van der Waals surface area contributed by atoms with Crippen LogP contribution in [0.25, 0.3) is 0 Å². The van der Waals surface area contributed by atoms with E-state index in [2.05, 4.69) is 28.7 Å².